The highest BCUT2D eigenvalue weighted by molar-refractivity contribution is 6.10. The molecule has 1 fully saturated rings. The summed E-state index contributed by atoms with van der Waals surface area (Å²) in [5.74, 6) is 1.55. The van der Waals surface area contributed by atoms with Crippen molar-refractivity contribution in [1.82, 2.24) is 15.2 Å². The lowest BCUT2D eigenvalue weighted by Crippen LogP contribution is -2.47. The van der Waals surface area contributed by atoms with Gasteiger partial charge in [-0.1, -0.05) is 12.1 Å². The number of ether oxygens (including phenoxy) is 1. The number of aromatic nitrogens is 1. The molecule has 3 aliphatic rings. The lowest BCUT2D eigenvalue weighted by molar-refractivity contribution is -0.141. The Balaban J connectivity index is 1.20. The van der Waals surface area contributed by atoms with E-state index in [0.717, 1.165) is 44.7 Å². The second-order valence-electron chi connectivity index (χ2n) is 9.75. The van der Waals surface area contributed by atoms with Crippen LogP contribution in [0.3, 0.4) is 0 Å². The highest BCUT2D eigenvalue weighted by atomic mass is 19.4. The van der Waals surface area contributed by atoms with Gasteiger partial charge in [0.1, 0.15) is 5.69 Å². The summed E-state index contributed by atoms with van der Waals surface area (Å²) in [5, 5.41) is 17.5. The van der Waals surface area contributed by atoms with Gasteiger partial charge in [0.25, 0.3) is 0 Å². The SMILES string of the molecule is NC(N)=NCCCNC1CCC(N2C=C3Oc4ccc(-c5ccc(C(F)(F)F)nc5)cc4NC3=NC2O)CC1. The van der Waals surface area contributed by atoms with Crippen molar-refractivity contribution in [3.8, 4) is 16.9 Å². The van der Waals surface area contributed by atoms with Crippen LogP contribution < -0.4 is 26.8 Å². The van der Waals surface area contributed by atoms with E-state index in [1.165, 1.54) is 12.3 Å². The van der Waals surface area contributed by atoms with Gasteiger partial charge in [-0.3, -0.25) is 9.98 Å². The number of halogens is 3. The first kappa shape index (κ1) is 26.8. The van der Waals surface area contributed by atoms with Gasteiger partial charge in [-0.25, -0.2) is 4.99 Å². The van der Waals surface area contributed by atoms with Crippen molar-refractivity contribution in [3.63, 3.8) is 0 Å². The van der Waals surface area contributed by atoms with Crippen molar-refractivity contribution >= 4 is 17.5 Å². The number of alkyl halides is 3. The number of nitrogens with zero attached hydrogens (tertiary/aromatic N) is 4. The Labute approximate surface area is 223 Å². The molecule has 1 aromatic heterocycles. The minimum atomic E-state index is -4.49. The summed E-state index contributed by atoms with van der Waals surface area (Å²) >= 11 is 0. The fourth-order valence-electron chi connectivity index (χ4n) is 5.02. The van der Waals surface area contributed by atoms with Gasteiger partial charge in [-0.05, 0) is 62.4 Å². The molecule has 0 bridgehead atoms. The molecule has 208 valence electrons. The molecule has 0 spiro atoms. The Morgan fingerprint density at radius 1 is 1.15 bits per heavy atom. The number of nitrogens with one attached hydrogen (secondary N) is 2. The van der Waals surface area contributed by atoms with Gasteiger partial charge in [0.2, 0.25) is 6.35 Å². The Morgan fingerprint density at radius 3 is 2.62 bits per heavy atom. The molecule has 1 aromatic carbocycles. The molecule has 10 nitrogen and oxygen atoms in total. The predicted octanol–water partition coefficient (Wildman–Crippen LogP) is 2.97. The topological polar surface area (TPSA) is 146 Å². The molecular formula is C26H31F3N8O2. The number of fused-ring (bicyclic) bond motifs is 2. The first-order chi connectivity index (χ1) is 18.7. The molecule has 5 rings (SSSR count). The molecule has 1 atom stereocenters. The number of rotatable bonds is 7. The van der Waals surface area contributed by atoms with E-state index >= 15 is 0 Å². The van der Waals surface area contributed by atoms with Gasteiger partial charge in [0, 0.05) is 30.4 Å². The summed E-state index contributed by atoms with van der Waals surface area (Å²) in [6, 6.07) is 8.11. The largest absolute Gasteiger partial charge is 0.450 e. The number of aliphatic imine (C=N–C) groups is 2. The molecule has 39 heavy (non-hydrogen) atoms. The second-order valence-corrected chi connectivity index (χ2v) is 9.75. The fraction of sp³-hybridized carbons (Fsp3) is 0.423. The van der Waals surface area contributed by atoms with Crippen molar-refractivity contribution in [2.24, 2.45) is 21.5 Å². The maximum atomic E-state index is 12.8. The van der Waals surface area contributed by atoms with Crippen LogP contribution in [0.1, 0.15) is 37.8 Å². The number of aliphatic hydroxyl groups excluding tert-OH is 1. The maximum absolute atomic E-state index is 12.8. The lowest BCUT2D eigenvalue weighted by atomic mass is 9.90. The normalized spacial score (nSPS) is 22.5. The second kappa shape index (κ2) is 11.1. The van der Waals surface area contributed by atoms with Crippen molar-refractivity contribution in [2.75, 3.05) is 18.4 Å². The minimum Gasteiger partial charge on any atom is -0.450 e. The Kier molecular flexibility index (Phi) is 7.62. The molecular weight excluding hydrogens is 513 g/mol. The maximum Gasteiger partial charge on any atom is 0.433 e. The van der Waals surface area contributed by atoms with Crippen LogP contribution in [-0.2, 0) is 6.18 Å². The van der Waals surface area contributed by atoms with Crippen molar-refractivity contribution in [3.05, 3.63) is 54.2 Å². The number of nitrogens with two attached hydrogens (primary N) is 2. The smallest absolute Gasteiger partial charge is 0.433 e. The number of hydrogen-bond acceptors (Lipinski definition) is 8. The van der Waals surface area contributed by atoms with Gasteiger partial charge < -0.3 is 36.8 Å². The van der Waals surface area contributed by atoms with Crippen LogP contribution in [0.2, 0.25) is 0 Å². The van der Waals surface area contributed by atoms with Crippen LogP contribution in [0.5, 0.6) is 5.75 Å². The van der Waals surface area contributed by atoms with Crippen LogP contribution in [0.4, 0.5) is 18.9 Å². The number of pyridine rings is 1. The van der Waals surface area contributed by atoms with Gasteiger partial charge in [-0.2, -0.15) is 13.2 Å². The Bertz CT molecular complexity index is 1270. The summed E-state index contributed by atoms with van der Waals surface area (Å²) in [6.45, 7) is 1.44. The molecule has 2 aliphatic heterocycles. The van der Waals surface area contributed by atoms with E-state index in [-0.39, 0.29) is 12.0 Å². The number of aliphatic hydroxyl groups is 1. The van der Waals surface area contributed by atoms with Crippen molar-refractivity contribution in [2.45, 2.75) is 56.7 Å². The first-order valence-corrected chi connectivity index (χ1v) is 12.8. The molecule has 0 radical (unpaired) electrons. The zero-order valence-electron chi connectivity index (χ0n) is 21.2. The number of guanidine groups is 1. The molecule has 7 N–H and O–H groups in total. The summed E-state index contributed by atoms with van der Waals surface area (Å²) in [6.07, 6.45) is 2.03. The van der Waals surface area contributed by atoms with E-state index in [2.05, 4.69) is 25.6 Å². The molecule has 3 heterocycles. The van der Waals surface area contributed by atoms with Crippen molar-refractivity contribution < 1.29 is 23.0 Å². The zero-order chi connectivity index (χ0) is 27.6. The fourth-order valence-corrected chi connectivity index (χ4v) is 5.02. The molecule has 13 heteroatoms. The number of benzene rings is 1. The van der Waals surface area contributed by atoms with Crippen LogP contribution in [0.15, 0.2) is 58.5 Å². The monoisotopic (exact) mass is 544 g/mol. The van der Waals surface area contributed by atoms with E-state index in [0.29, 0.717) is 46.7 Å². The first-order valence-electron chi connectivity index (χ1n) is 12.8. The van der Waals surface area contributed by atoms with E-state index in [4.69, 9.17) is 16.2 Å². The van der Waals surface area contributed by atoms with E-state index in [1.807, 2.05) is 4.90 Å². The average Bonchev–Trinajstić information content (AvgIpc) is 2.91. The third-order valence-electron chi connectivity index (χ3n) is 7.03. The molecule has 1 unspecified atom stereocenters. The summed E-state index contributed by atoms with van der Waals surface area (Å²) in [5.41, 5.74) is 11.5. The van der Waals surface area contributed by atoms with Crippen LogP contribution in [0.25, 0.3) is 11.1 Å². The van der Waals surface area contributed by atoms with Gasteiger partial charge in [0.05, 0.1) is 11.9 Å². The van der Waals surface area contributed by atoms with Crippen LogP contribution >= 0.6 is 0 Å². The van der Waals surface area contributed by atoms with Gasteiger partial charge in [-0.15, -0.1) is 0 Å². The molecule has 1 saturated carbocycles. The molecule has 0 saturated heterocycles. The highest BCUT2D eigenvalue weighted by Gasteiger charge is 2.34. The Hall–Kier alpha value is -3.84. The molecule has 0 amide bonds. The summed E-state index contributed by atoms with van der Waals surface area (Å²) in [7, 11) is 0. The number of amidine groups is 1. The standard InChI is InChI=1S/C26H31F3N8O2/c27-26(28,29)22-9-3-16(13-34-22)15-2-8-20-19(12-15)35-23-21(39-20)14-37(25(38)36-23)18-6-4-17(5-7-18)32-10-1-11-33-24(30)31/h2-3,8-9,12-14,17-18,25,32,38H,1,4-7,10-11H2,(H,35,36)(H4,30,31,33). The van der Waals surface area contributed by atoms with Crippen LogP contribution in [-0.4, -0.2) is 58.3 Å². The van der Waals surface area contributed by atoms with Gasteiger partial charge >= 0.3 is 6.18 Å². The molecule has 1 aliphatic carbocycles. The van der Waals surface area contributed by atoms with Crippen molar-refractivity contribution in [1.29, 1.82) is 0 Å². The lowest BCUT2D eigenvalue weighted by Gasteiger charge is -2.40. The summed E-state index contributed by atoms with van der Waals surface area (Å²) < 4.78 is 44.6. The molecule has 2 aromatic rings. The third-order valence-corrected chi connectivity index (χ3v) is 7.03. The average molecular weight is 545 g/mol. The predicted molar refractivity (Wildman–Crippen MR) is 142 cm³/mol. The number of anilines is 1. The quantitative estimate of drug-likeness (QED) is 0.203. The number of hydrogen-bond donors (Lipinski definition) is 5. The zero-order valence-corrected chi connectivity index (χ0v) is 21.2. The van der Waals surface area contributed by atoms with E-state index in [9.17, 15) is 18.3 Å². The van der Waals surface area contributed by atoms with E-state index in [1.54, 1.807) is 24.4 Å². The Morgan fingerprint density at radius 2 is 1.92 bits per heavy atom. The van der Waals surface area contributed by atoms with Gasteiger partial charge in [0.15, 0.2) is 23.3 Å². The van der Waals surface area contributed by atoms with E-state index < -0.39 is 18.2 Å². The third kappa shape index (κ3) is 6.25. The summed E-state index contributed by atoms with van der Waals surface area (Å²) in [4.78, 5) is 13.8. The highest BCUT2D eigenvalue weighted by Crippen LogP contribution is 2.38. The van der Waals surface area contributed by atoms with Crippen LogP contribution in [0, 0.1) is 0 Å². The minimum absolute atomic E-state index is 0.108.